The SMILES string of the molecule is CCOC(=O)CNC(=O)NC1CCN(c2nc3cccnc3n(Cc3ccccc3)c2=O)CC1. The maximum atomic E-state index is 13.4. The summed E-state index contributed by atoms with van der Waals surface area (Å²) in [5.74, 6) is -0.0854. The molecule has 0 saturated carbocycles. The zero-order valence-corrected chi connectivity index (χ0v) is 19.1. The van der Waals surface area contributed by atoms with E-state index in [0.717, 1.165) is 5.56 Å². The quantitative estimate of drug-likeness (QED) is 0.511. The van der Waals surface area contributed by atoms with Gasteiger partial charge in [-0.15, -0.1) is 0 Å². The Labute approximate surface area is 197 Å². The summed E-state index contributed by atoms with van der Waals surface area (Å²) >= 11 is 0. The van der Waals surface area contributed by atoms with Gasteiger partial charge in [0.05, 0.1) is 13.2 Å². The van der Waals surface area contributed by atoms with Gasteiger partial charge in [0.15, 0.2) is 11.5 Å². The predicted molar refractivity (Wildman–Crippen MR) is 128 cm³/mol. The van der Waals surface area contributed by atoms with Crippen LogP contribution in [-0.2, 0) is 16.1 Å². The lowest BCUT2D eigenvalue weighted by molar-refractivity contribution is -0.141. The van der Waals surface area contributed by atoms with Crippen LogP contribution in [0, 0.1) is 0 Å². The van der Waals surface area contributed by atoms with Crippen molar-refractivity contribution >= 4 is 29.0 Å². The summed E-state index contributed by atoms with van der Waals surface area (Å²) in [6, 6.07) is 13.0. The van der Waals surface area contributed by atoms with E-state index in [4.69, 9.17) is 4.74 Å². The zero-order valence-electron chi connectivity index (χ0n) is 19.1. The minimum absolute atomic E-state index is 0.0629. The van der Waals surface area contributed by atoms with Crippen molar-refractivity contribution in [2.45, 2.75) is 32.4 Å². The summed E-state index contributed by atoms with van der Waals surface area (Å²) in [6.45, 7) is 3.36. The van der Waals surface area contributed by atoms with E-state index in [0.29, 0.717) is 49.5 Å². The Hall–Kier alpha value is -3.95. The predicted octanol–water partition coefficient (Wildman–Crippen LogP) is 1.67. The highest BCUT2D eigenvalue weighted by Crippen LogP contribution is 2.18. The van der Waals surface area contributed by atoms with Gasteiger partial charge in [0, 0.05) is 25.3 Å². The Morgan fingerprint density at radius 3 is 2.62 bits per heavy atom. The summed E-state index contributed by atoms with van der Waals surface area (Å²) in [5, 5.41) is 5.38. The molecule has 4 rings (SSSR count). The summed E-state index contributed by atoms with van der Waals surface area (Å²) in [5.41, 5.74) is 2.03. The van der Waals surface area contributed by atoms with E-state index in [2.05, 4.69) is 20.6 Å². The van der Waals surface area contributed by atoms with Crippen molar-refractivity contribution in [1.82, 2.24) is 25.2 Å². The van der Waals surface area contributed by atoms with Crippen LogP contribution in [0.1, 0.15) is 25.3 Å². The van der Waals surface area contributed by atoms with Gasteiger partial charge in [-0.3, -0.25) is 14.2 Å². The summed E-state index contributed by atoms with van der Waals surface area (Å²) < 4.78 is 6.47. The number of nitrogens with one attached hydrogen (secondary N) is 2. The number of esters is 1. The van der Waals surface area contributed by atoms with E-state index in [1.54, 1.807) is 17.7 Å². The van der Waals surface area contributed by atoms with Crippen LogP contribution < -0.4 is 21.1 Å². The van der Waals surface area contributed by atoms with Gasteiger partial charge in [-0.25, -0.2) is 14.8 Å². The minimum Gasteiger partial charge on any atom is -0.465 e. The minimum atomic E-state index is -0.476. The standard InChI is InChI=1S/C24H28N6O4/c1-2-34-20(31)15-26-24(33)27-18-10-13-29(14-11-18)22-23(32)30(16-17-7-4-3-5-8-17)21-19(28-22)9-6-12-25-21/h3-9,12,18H,2,10-11,13-16H2,1H3,(H2,26,27,33). The zero-order chi connectivity index (χ0) is 23.9. The van der Waals surface area contributed by atoms with Gasteiger partial charge in [0.2, 0.25) is 0 Å². The van der Waals surface area contributed by atoms with Gasteiger partial charge >= 0.3 is 12.0 Å². The fourth-order valence-electron chi connectivity index (χ4n) is 4.02. The molecule has 0 radical (unpaired) electrons. The van der Waals surface area contributed by atoms with Crippen molar-refractivity contribution in [3.63, 3.8) is 0 Å². The molecule has 10 nitrogen and oxygen atoms in total. The van der Waals surface area contributed by atoms with Gasteiger partial charge < -0.3 is 20.3 Å². The second-order valence-corrected chi connectivity index (χ2v) is 8.05. The first-order valence-electron chi connectivity index (χ1n) is 11.4. The lowest BCUT2D eigenvalue weighted by Crippen LogP contribution is -2.49. The molecule has 0 unspecified atom stereocenters. The molecule has 0 atom stereocenters. The van der Waals surface area contributed by atoms with Crippen LogP contribution in [0.15, 0.2) is 53.5 Å². The number of fused-ring (bicyclic) bond motifs is 1. The second-order valence-electron chi connectivity index (χ2n) is 8.05. The highest BCUT2D eigenvalue weighted by atomic mass is 16.5. The number of urea groups is 1. The van der Waals surface area contributed by atoms with Gasteiger partial charge in [0.1, 0.15) is 12.1 Å². The van der Waals surface area contributed by atoms with Crippen molar-refractivity contribution in [3.05, 3.63) is 64.6 Å². The van der Waals surface area contributed by atoms with Crippen LogP contribution in [0.25, 0.3) is 11.2 Å². The Balaban J connectivity index is 1.45. The van der Waals surface area contributed by atoms with E-state index >= 15 is 0 Å². The number of pyridine rings is 1. The third kappa shape index (κ3) is 5.51. The van der Waals surface area contributed by atoms with Crippen LogP contribution in [-0.4, -0.2) is 58.8 Å². The number of carbonyl (C=O) groups excluding carboxylic acids is 2. The van der Waals surface area contributed by atoms with Gasteiger partial charge in [0.25, 0.3) is 5.56 Å². The number of hydrogen-bond donors (Lipinski definition) is 2. The van der Waals surface area contributed by atoms with Crippen molar-refractivity contribution in [2.24, 2.45) is 0 Å². The number of ether oxygens (including phenoxy) is 1. The number of anilines is 1. The van der Waals surface area contributed by atoms with E-state index in [9.17, 15) is 14.4 Å². The molecule has 1 aliphatic heterocycles. The van der Waals surface area contributed by atoms with Crippen molar-refractivity contribution < 1.29 is 14.3 Å². The monoisotopic (exact) mass is 464 g/mol. The number of aromatic nitrogens is 3. The highest BCUT2D eigenvalue weighted by Gasteiger charge is 2.25. The average molecular weight is 465 g/mol. The number of carbonyl (C=O) groups is 2. The van der Waals surface area contributed by atoms with E-state index in [1.165, 1.54) is 0 Å². The number of nitrogens with zero attached hydrogens (tertiary/aromatic N) is 4. The van der Waals surface area contributed by atoms with Gasteiger partial charge in [-0.2, -0.15) is 0 Å². The van der Waals surface area contributed by atoms with Crippen molar-refractivity contribution in [2.75, 3.05) is 31.1 Å². The topological polar surface area (TPSA) is 118 Å². The Morgan fingerprint density at radius 1 is 1.12 bits per heavy atom. The average Bonchev–Trinajstić information content (AvgIpc) is 2.86. The van der Waals surface area contributed by atoms with Crippen LogP contribution in [0.2, 0.25) is 0 Å². The van der Waals surface area contributed by atoms with Crippen LogP contribution in [0.4, 0.5) is 10.6 Å². The normalized spacial score (nSPS) is 14.1. The highest BCUT2D eigenvalue weighted by molar-refractivity contribution is 5.81. The number of benzene rings is 1. The molecule has 10 heteroatoms. The lowest BCUT2D eigenvalue weighted by Gasteiger charge is -2.33. The third-order valence-electron chi connectivity index (χ3n) is 5.70. The van der Waals surface area contributed by atoms with E-state index < -0.39 is 12.0 Å². The second kappa shape index (κ2) is 10.8. The van der Waals surface area contributed by atoms with Gasteiger partial charge in [-0.1, -0.05) is 30.3 Å². The summed E-state index contributed by atoms with van der Waals surface area (Å²) in [4.78, 5) is 47.9. The Morgan fingerprint density at radius 2 is 1.88 bits per heavy atom. The van der Waals surface area contributed by atoms with Crippen molar-refractivity contribution in [3.8, 4) is 0 Å². The maximum absolute atomic E-state index is 13.4. The van der Waals surface area contributed by atoms with Crippen molar-refractivity contribution in [1.29, 1.82) is 0 Å². The molecular formula is C24H28N6O4. The molecule has 1 aliphatic rings. The van der Waals surface area contributed by atoms with Crippen LogP contribution >= 0.6 is 0 Å². The maximum Gasteiger partial charge on any atom is 0.325 e. The number of amides is 2. The molecule has 2 aromatic heterocycles. The smallest absolute Gasteiger partial charge is 0.325 e. The molecule has 1 fully saturated rings. The molecule has 178 valence electrons. The number of piperidine rings is 1. The van der Waals surface area contributed by atoms with E-state index in [1.807, 2.05) is 47.4 Å². The van der Waals surface area contributed by atoms with E-state index in [-0.39, 0.29) is 24.8 Å². The number of hydrogen-bond acceptors (Lipinski definition) is 7. The lowest BCUT2D eigenvalue weighted by atomic mass is 10.1. The van der Waals surface area contributed by atoms with Crippen LogP contribution in [0.3, 0.4) is 0 Å². The molecule has 3 aromatic rings. The molecule has 1 saturated heterocycles. The molecule has 0 spiro atoms. The molecule has 34 heavy (non-hydrogen) atoms. The fourth-order valence-corrected chi connectivity index (χ4v) is 4.02. The van der Waals surface area contributed by atoms with Gasteiger partial charge in [-0.05, 0) is 37.5 Å². The summed E-state index contributed by atoms with van der Waals surface area (Å²) in [6.07, 6.45) is 2.96. The fraction of sp³-hybridized carbons (Fsp3) is 0.375. The molecule has 2 N–H and O–H groups in total. The molecule has 0 bridgehead atoms. The third-order valence-corrected chi connectivity index (χ3v) is 5.70. The Kier molecular flexibility index (Phi) is 7.36. The summed E-state index contributed by atoms with van der Waals surface area (Å²) in [7, 11) is 0. The molecule has 3 heterocycles. The molecular weight excluding hydrogens is 436 g/mol. The first-order chi connectivity index (χ1) is 16.5. The largest absolute Gasteiger partial charge is 0.465 e. The number of rotatable bonds is 7. The Bertz CT molecular complexity index is 1210. The molecule has 1 aromatic carbocycles. The molecule has 0 aliphatic carbocycles. The van der Waals surface area contributed by atoms with Crippen LogP contribution in [0.5, 0.6) is 0 Å². The molecule has 2 amide bonds. The first-order valence-corrected chi connectivity index (χ1v) is 11.4. The first kappa shape index (κ1) is 23.2.